The first-order valence-electron chi connectivity index (χ1n) is 17.5. The summed E-state index contributed by atoms with van der Waals surface area (Å²) >= 11 is 0. The van der Waals surface area contributed by atoms with Crippen molar-refractivity contribution in [3.05, 3.63) is 44.6 Å². The number of carbonyl (C=O) groups excluding carboxylic acids is 8. The zero-order chi connectivity index (χ0) is 40.3. The van der Waals surface area contributed by atoms with E-state index in [9.17, 15) is 38.4 Å². The van der Waals surface area contributed by atoms with E-state index in [2.05, 4.69) is 9.64 Å². The van der Waals surface area contributed by atoms with Gasteiger partial charge in [0.25, 0.3) is 35.4 Å². The van der Waals surface area contributed by atoms with Gasteiger partial charge in [0.05, 0.1) is 0 Å². The normalized spacial score (nSPS) is 17.9. The summed E-state index contributed by atoms with van der Waals surface area (Å²) in [4.78, 5) is 103. The topological polar surface area (TPSA) is 240 Å². The Morgan fingerprint density at radius 3 is 0.755 bits per heavy atom. The zero-order valence-electron chi connectivity index (χ0n) is 32.1. The number of imide groups is 3. The highest BCUT2D eigenvalue weighted by Gasteiger charge is 2.36. The van der Waals surface area contributed by atoms with Gasteiger partial charge in [-0.2, -0.15) is 0 Å². The summed E-state index contributed by atoms with van der Waals surface area (Å²) in [6.45, 7) is 18.7. The largest absolute Gasteiger partial charge is 0.386 e. The van der Waals surface area contributed by atoms with Crippen LogP contribution < -0.4 is 17.2 Å². The summed E-state index contributed by atoms with van der Waals surface area (Å²) in [5.41, 5.74) is 19.4. The van der Waals surface area contributed by atoms with Gasteiger partial charge in [-0.1, -0.05) is 0 Å². The number of rotatable bonds is 15. The van der Waals surface area contributed by atoms with Crippen LogP contribution in [0, 0.1) is 0 Å². The lowest BCUT2D eigenvalue weighted by molar-refractivity contribution is -0.151. The number of amides is 6. The van der Waals surface area contributed by atoms with Crippen LogP contribution >= 0.6 is 0 Å². The Balaban J connectivity index is 0.000000416. The molecule has 0 bridgehead atoms. The molecule has 292 valence electrons. The third kappa shape index (κ3) is 10.7. The predicted octanol–water partition coefficient (Wildman–Crippen LogP) is -1.03. The molecule has 0 aromatic carbocycles. The molecule has 4 aliphatic rings. The fraction of sp³-hybridized carbons (Fsp3) is 0.556. The SMILES string of the molecule is CC1=C(C)C(=O)N(CCN(CCN2C(=O)C(C)=C(C)C2=O)CCN2C(=O)C(C)=C(C)C2=O)C1=O.CC1=C(C)C(=O)OC1=O.NCCN(CCN)CCN. The summed E-state index contributed by atoms with van der Waals surface area (Å²) in [7, 11) is 0. The molecule has 4 heterocycles. The minimum absolute atomic E-state index is 0.114. The summed E-state index contributed by atoms with van der Waals surface area (Å²) in [5.74, 6) is -3.10. The molecule has 17 heteroatoms. The molecule has 0 saturated heterocycles. The molecule has 6 N–H and O–H groups in total. The Hall–Kier alpha value is -4.68. The van der Waals surface area contributed by atoms with E-state index < -0.39 is 11.9 Å². The lowest BCUT2D eigenvalue weighted by Crippen LogP contribution is -2.46. The van der Waals surface area contributed by atoms with Gasteiger partial charge in [-0.25, -0.2) is 9.59 Å². The molecule has 0 radical (unpaired) electrons. The van der Waals surface area contributed by atoms with Crippen molar-refractivity contribution in [2.45, 2.75) is 55.4 Å². The van der Waals surface area contributed by atoms with Crippen molar-refractivity contribution >= 4 is 47.4 Å². The van der Waals surface area contributed by atoms with E-state index in [1.807, 2.05) is 4.90 Å². The molecule has 0 fully saturated rings. The van der Waals surface area contributed by atoms with Crippen LogP contribution in [0.25, 0.3) is 0 Å². The van der Waals surface area contributed by atoms with Crippen molar-refractivity contribution < 1.29 is 43.1 Å². The summed E-state index contributed by atoms with van der Waals surface area (Å²) < 4.78 is 4.23. The highest BCUT2D eigenvalue weighted by Crippen LogP contribution is 2.22. The van der Waals surface area contributed by atoms with Crippen molar-refractivity contribution in [2.24, 2.45) is 17.2 Å². The minimum atomic E-state index is -0.516. The number of nitrogens with two attached hydrogens (primary N) is 3. The summed E-state index contributed by atoms with van der Waals surface area (Å²) in [6.07, 6.45) is 0. The fourth-order valence-corrected chi connectivity index (χ4v) is 5.55. The van der Waals surface area contributed by atoms with Crippen LogP contribution in [0.15, 0.2) is 44.6 Å². The second kappa shape index (κ2) is 20.0. The third-order valence-electron chi connectivity index (χ3n) is 9.70. The molecule has 17 nitrogen and oxygen atoms in total. The lowest BCUT2D eigenvalue weighted by atomic mass is 10.2. The summed E-state index contributed by atoms with van der Waals surface area (Å²) in [5, 5.41) is 0. The first-order chi connectivity index (χ1) is 24.8. The molecule has 6 amide bonds. The standard InChI is InChI=1S/C24H30N4O6.C6H18N4.C6H6O3/c1-13-14(2)20(30)26(19(13)29)10-7-25(8-11-27-21(31)15(3)16(4)22(27)32)9-12-28-23(33)17(5)18(6)24(28)34;7-1-4-10(5-2-8)6-3-9;1-3-4(2)6(8)9-5(3)7/h7-12H2,1-6H3;1-9H2;1-2H3. The Morgan fingerprint density at radius 1 is 0.377 bits per heavy atom. The van der Waals surface area contributed by atoms with Crippen molar-refractivity contribution in [3.8, 4) is 0 Å². The van der Waals surface area contributed by atoms with Crippen molar-refractivity contribution in [1.82, 2.24) is 24.5 Å². The van der Waals surface area contributed by atoms with E-state index in [-0.39, 0.29) is 74.7 Å². The molecule has 53 heavy (non-hydrogen) atoms. The fourth-order valence-electron chi connectivity index (χ4n) is 5.55. The molecule has 0 aromatic heterocycles. The Labute approximate surface area is 310 Å². The van der Waals surface area contributed by atoms with Crippen LogP contribution in [0.1, 0.15) is 55.4 Å². The van der Waals surface area contributed by atoms with Crippen LogP contribution in [0.4, 0.5) is 0 Å². The van der Waals surface area contributed by atoms with Crippen LogP contribution in [0.2, 0.25) is 0 Å². The predicted molar refractivity (Wildman–Crippen MR) is 195 cm³/mol. The molecule has 0 spiro atoms. The van der Waals surface area contributed by atoms with Crippen molar-refractivity contribution in [3.63, 3.8) is 0 Å². The first-order valence-corrected chi connectivity index (χ1v) is 17.5. The van der Waals surface area contributed by atoms with Crippen LogP contribution in [-0.4, -0.2) is 150 Å². The Bertz CT molecular complexity index is 1410. The molecule has 0 saturated carbocycles. The van der Waals surface area contributed by atoms with Gasteiger partial charge in [0.2, 0.25) is 0 Å². The average Bonchev–Trinajstić information content (AvgIpc) is 3.62. The minimum Gasteiger partial charge on any atom is -0.386 e. The Morgan fingerprint density at radius 2 is 0.585 bits per heavy atom. The van der Waals surface area contributed by atoms with Gasteiger partial charge in [-0.3, -0.25) is 53.3 Å². The van der Waals surface area contributed by atoms with Gasteiger partial charge in [0.15, 0.2) is 0 Å². The van der Waals surface area contributed by atoms with Gasteiger partial charge < -0.3 is 21.9 Å². The molecule has 0 unspecified atom stereocenters. The van der Waals surface area contributed by atoms with Crippen LogP contribution in [0.3, 0.4) is 0 Å². The zero-order valence-corrected chi connectivity index (χ0v) is 32.1. The maximum atomic E-state index is 12.4. The van der Waals surface area contributed by atoms with Gasteiger partial charge in [0, 0.05) is 123 Å². The van der Waals surface area contributed by atoms with Crippen molar-refractivity contribution in [2.75, 3.05) is 78.5 Å². The highest BCUT2D eigenvalue weighted by atomic mass is 16.6. The first kappa shape index (κ1) is 44.5. The van der Waals surface area contributed by atoms with Crippen LogP contribution in [0.5, 0.6) is 0 Å². The van der Waals surface area contributed by atoms with E-state index in [1.165, 1.54) is 14.7 Å². The monoisotopic (exact) mass is 742 g/mol. The van der Waals surface area contributed by atoms with E-state index in [4.69, 9.17) is 17.2 Å². The molecule has 4 aliphatic heterocycles. The highest BCUT2D eigenvalue weighted by molar-refractivity contribution is 6.20. The molecule has 0 atom stereocenters. The molecular weight excluding hydrogens is 688 g/mol. The number of hydrogen-bond donors (Lipinski definition) is 3. The van der Waals surface area contributed by atoms with Gasteiger partial charge in [-0.05, 0) is 55.4 Å². The average molecular weight is 743 g/mol. The van der Waals surface area contributed by atoms with Crippen LogP contribution in [-0.2, 0) is 43.1 Å². The molecule has 4 rings (SSSR count). The number of ether oxygens (including phenoxy) is 1. The number of esters is 2. The second-order valence-corrected chi connectivity index (χ2v) is 13.0. The second-order valence-electron chi connectivity index (χ2n) is 13.0. The smallest absolute Gasteiger partial charge is 0.342 e. The number of nitrogens with zero attached hydrogens (tertiary/aromatic N) is 5. The quantitative estimate of drug-likeness (QED) is 0.103. The third-order valence-corrected chi connectivity index (χ3v) is 9.70. The Kier molecular flexibility index (Phi) is 16.8. The number of hydrogen-bond acceptors (Lipinski definition) is 14. The lowest BCUT2D eigenvalue weighted by Gasteiger charge is -2.28. The number of cyclic esters (lactones) is 2. The van der Waals surface area contributed by atoms with Crippen molar-refractivity contribution in [1.29, 1.82) is 0 Å². The maximum absolute atomic E-state index is 12.4. The maximum Gasteiger partial charge on any atom is 0.342 e. The van der Waals surface area contributed by atoms with Gasteiger partial charge in [0.1, 0.15) is 0 Å². The van der Waals surface area contributed by atoms with E-state index in [0.29, 0.717) is 64.2 Å². The van der Waals surface area contributed by atoms with E-state index >= 15 is 0 Å². The molecule has 0 aliphatic carbocycles. The molecule has 0 aromatic rings. The van der Waals surface area contributed by atoms with E-state index in [1.54, 1.807) is 55.4 Å². The van der Waals surface area contributed by atoms with Gasteiger partial charge in [-0.15, -0.1) is 0 Å². The number of carbonyl (C=O) groups is 8. The van der Waals surface area contributed by atoms with E-state index in [0.717, 1.165) is 19.6 Å². The molecular formula is C36H54N8O9. The summed E-state index contributed by atoms with van der Waals surface area (Å²) in [6, 6.07) is 0. The van der Waals surface area contributed by atoms with Gasteiger partial charge >= 0.3 is 11.9 Å².